The summed E-state index contributed by atoms with van der Waals surface area (Å²) < 4.78 is 0. The fourth-order valence-corrected chi connectivity index (χ4v) is 2.35. The van der Waals surface area contributed by atoms with Gasteiger partial charge in [0.2, 0.25) is 5.91 Å². The normalized spacial score (nSPS) is 10.5. The van der Waals surface area contributed by atoms with Crippen LogP contribution in [0.5, 0.6) is 0 Å². The molecule has 1 amide bonds. The van der Waals surface area contributed by atoms with Crippen LogP contribution in [0.25, 0.3) is 0 Å². The maximum absolute atomic E-state index is 10.5. The van der Waals surface area contributed by atoms with E-state index in [0.29, 0.717) is 6.42 Å². The van der Waals surface area contributed by atoms with E-state index in [1.165, 1.54) is 69.3 Å². The van der Waals surface area contributed by atoms with E-state index in [1.807, 2.05) is 0 Å². The van der Waals surface area contributed by atoms with Gasteiger partial charge in [-0.15, -0.1) is 0 Å². The summed E-state index contributed by atoms with van der Waals surface area (Å²) in [4.78, 5) is 10.5. The fourth-order valence-electron chi connectivity index (χ4n) is 2.35. The van der Waals surface area contributed by atoms with E-state index in [1.54, 1.807) is 7.05 Å². The summed E-state index contributed by atoms with van der Waals surface area (Å²) in [5.41, 5.74) is 5.07. The Balaban J connectivity index is 0. The second-order valence-electron chi connectivity index (χ2n) is 6.49. The number of hydrogen-bond donors (Lipinski definition) is 2. The monoisotopic (exact) mass is 330 g/mol. The van der Waals surface area contributed by atoms with Crippen LogP contribution in [0, 0.1) is 0 Å². The zero-order chi connectivity index (χ0) is 17.8. The van der Waals surface area contributed by atoms with Crippen LogP contribution in [-0.2, 0) is 4.79 Å². The lowest BCUT2D eigenvalue weighted by molar-refractivity contribution is -0.118. The molecule has 0 heterocycles. The molecule has 0 aliphatic carbocycles. The first-order chi connectivity index (χ1) is 11.0. The highest BCUT2D eigenvalue weighted by atomic mass is 16.5. The van der Waals surface area contributed by atoms with E-state index >= 15 is 0 Å². The van der Waals surface area contributed by atoms with E-state index in [2.05, 4.69) is 13.8 Å². The maximum atomic E-state index is 10.5. The second kappa shape index (κ2) is 21.4. The smallest absolute Gasteiger partial charge is 0.217 e. The number of amides is 1. The number of nitrogens with two attached hydrogens (primary N) is 1. The molecule has 140 valence electrons. The fraction of sp³-hybridized carbons (Fsp3) is 0.947. The summed E-state index contributed by atoms with van der Waals surface area (Å²) in [6.45, 7) is 5.14. The minimum atomic E-state index is -0.157. The van der Waals surface area contributed by atoms with Gasteiger partial charge in [-0.3, -0.25) is 4.79 Å². The van der Waals surface area contributed by atoms with Crippen LogP contribution >= 0.6 is 0 Å². The van der Waals surface area contributed by atoms with E-state index in [0.717, 1.165) is 25.8 Å². The largest absolute Gasteiger partial charge is 0.370 e. The van der Waals surface area contributed by atoms with Crippen LogP contribution in [0.4, 0.5) is 0 Å². The van der Waals surface area contributed by atoms with Crippen LogP contribution in [0.15, 0.2) is 0 Å². The lowest BCUT2D eigenvalue weighted by Crippen LogP contribution is -2.13. The Labute approximate surface area is 144 Å². The van der Waals surface area contributed by atoms with Crippen molar-refractivity contribution in [1.29, 1.82) is 0 Å². The number of rotatable bonds is 15. The average molecular weight is 331 g/mol. The molecule has 0 unspecified atom stereocenters. The van der Waals surface area contributed by atoms with Crippen molar-refractivity contribution in [3.8, 4) is 0 Å². The summed E-state index contributed by atoms with van der Waals surface area (Å²) in [7, 11) is 1.66. The predicted octanol–water partition coefficient (Wildman–Crippen LogP) is 5.28. The molecule has 0 aliphatic rings. The number of carbonyl (C=O) groups excluding carboxylic acids is 1. The Bertz CT molecular complexity index is 233. The van der Waals surface area contributed by atoms with Gasteiger partial charge in [-0.2, -0.15) is 5.06 Å². The number of unbranched alkanes of at least 4 members (excludes halogenated alkanes) is 11. The van der Waals surface area contributed by atoms with Gasteiger partial charge in [0, 0.05) is 20.0 Å². The van der Waals surface area contributed by atoms with Gasteiger partial charge in [-0.05, 0) is 12.8 Å². The molecule has 3 N–H and O–H groups in total. The minimum absolute atomic E-state index is 0.157. The minimum Gasteiger partial charge on any atom is -0.370 e. The highest BCUT2D eigenvalue weighted by Crippen LogP contribution is 2.11. The molecule has 0 bridgehead atoms. The van der Waals surface area contributed by atoms with Crippen molar-refractivity contribution in [2.45, 2.75) is 104 Å². The SMILES string of the molecule is CCCCCCCCCCCCCC(N)=O.CCCCN(C)O. The molecule has 4 nitrogen and oxygen atoms in total. The molecular formula is C19H42N2O2. The van der Waals surface area contributed by atoms with E-state index in [-0.39, 0.29) is 5.91 Å². The van der Waals surface area contributed by atoms with Gasteiger partial charge in [-0.25, -0.2) is 0 Å². The highest BCUT2D eigenvalue weighted by molar-refractivity contribution is 5.73. The molecule has 0 aliphatic heterocycles. The molecule has 0 spiro atoms. The molecule has 0 atom stereocenters. The molecule has 0 aromatic heterocycles. The van der Waals surface area contributed by atoms with Crippen molar-refractivity contribution in [1.82, 2.24) is 5.06 Å². The van der Waals surface area contributed by atoms with Crippen molar-refractivity contribution >= 4 is 5.91 Å². The third-order valence-electron chi connectivity index (χ3n) is 3.86. The van der Waals surface area contributed by atoms with Gasteiger partial charge < -0.3 is 10.9 Å². The lowest BCUT2D eigenvalue weighted by atomic mass is 10.1. The second-order valence-corrected chi connectivity index (χ2v) is 6.49. The molecule has 0 saturated carbocycles. The van der Waals surface area contributed by atoms with E-state index < -0.39 is 0 Å². The average Bonchev–Trinajstić information content (AvgIpc) is 2.51. The maximum Gasteiger partial charge on any atom is 0.217 e. The van der Waals surface area contributed by atoms with Crippen molar-refractivity contribution < 1.29 is 10.0 Å². The van der Waals surface area contributed by atoms with Gasteiger partial charge in [0.05, 0.1) is 0 Å². The van der Waals surface area contributed by atoms with E-state index in [4.69, 9.17) is 10.9 Å². The quantitative estimate of drug-likeness (QED) is 0.317. The zero-order valence-corrected chi connectivity index (χ0v) is 16.0. The highest BCUT2D eigenvalue weighted by Gasteiger charge is 1.95. The number of nitrogens with zero attached hydrogens (tertiary/aromatic N) is 1. The van der Waals surface area contributed by atoms with Crippen LogP contribution in [-0.4, -0.2) is 29.8 Å². The van der Waals surface area contributed by atoms with Crippen molar-refractivity contribution in [3.63, 3.8) is 0 Å². The first-order valence-corrected chi connectivity index (χ1v) is 9.72. The summed E-state index contributed by atoms with van der Waals surface area (Å²) in [5.74, 6) is -0.157. The summed E-state index contributed by atoms with van der Waals surface area (Å²) in [5, 5.41) is 9.73. The Morgan fingerprint density at radius 3 is 1.48 bits per heavy atom. The molecule has 0 aromatic rings. The summed E-state index contributed by atoms with van der Waals surface area (Å²) in [6, 6.07) is 0. The summed E-state index contributed by atoms with van der Waals surface area (Å²) in [6.07, 6.45) is 17.2. The number of carbonyl (C=O) groups is 1. The van der Waals surface area contributed by atoms with Crippen LogP contribution in [0.3, 0.4) is 0 Å². The molecule has 23 heavy (non-hydrogen) atoms. The predicted molar refractivity (Wildman–Crippen MR) is 99.6 cm³/mol. The van der Waals surface area contributed by atoms with Crippen LogP contribution < -0.4 is 5.73 Å². The Morgan fingerprint density at radius 2 is 1.17 bits per heavy atom. The van der Waals surface area contributed by atoms with Gasteiger partial charge in [0.25, 0.3) is 0 Å². The van der Waals surface area contributed by atoms with Crippen LogP contribution in [0.1, 0.15) is 104 Å². The van der Waals surface area contributed by atoms with E-state index in [9.17, 15) is 4.79 Å². The molecule has 0 fully saturated rings. The Kier molecular flexibility index (Phi) is 22.9. The first kappa shape index (κ1) is 24.6. The van der Waals surface area contributed by atoms with Crippen molar-refractivity contribution in [2.75, 3.05) is 13.6 Å². The topological polar surface area (TPSA) is 66.6 Å². The van der Waals surface area contributed by atoms with Crippen molar-refractivity contribution in [2.24, 2.45) is 5.73 Å². The Hall–Kier alpha value is -0.610. The van der Waals surface area contributed by atoms with Crippen molar-refractivity contribution in [3.05, 3.63) is 0 Å². The first-order valence-electron chi connectivity index (χ1n) is 9.72. The molecular weight excluding hydrogens is 288 g/mol. The van der Waals surface area contributed by atoms with Gasteiger partial charge >= 0.3 is 0 Å². The molecule has 0 aromatic carbocycles. The lowest BCUT2D eigenvalue weighted by Gasteiger charge is -2.03. The molecule has 0 saturated heterocycles. The van der Waals surface area contributed by atoms with Crippen LogP contribution in [0.2, 0.25) is 0 Å². The molecule has 0 radical (unpaired) electrons. The third-order valence-corrected chi connectivity index (χ3v) is 3.86. The summed E-state index contributed by atoms with van der Waals surface area (Å²) >= 11 is 0. The van der Waals surface area contributed by atoms with Gasteiger partial charge in [-0.1, -0.05) is 84.5 Å². The van der Waals surface area contributed by atoms with Gasteiger partial charge in [0.15, 0.2) is 0 Å². The van der Waals surface area contributed by atoms with Gasteiger partial charge in [0.1, 0.15) is 0 Å². The number of primary amides is 1. The number of hydrogen-bond acceptors (Lipinski definition) is 3. The third kappa shape index (κ3) is 29.9. The zero-order valence-electron chi connectivity index (χ0n) is 16.0. The molecule has 4 heteroatoms. The standard InChI is InChI=1S/C14H29NO.C5H13NO/c1-2-3-4-5-6-7-8-9-10-11-12-13-14(15)16;1-3-4-5-6(2)7/h2-13H2,1H3,(H2,15,16);7H,3-5H2,1-2H3. The molecule has 0 rings (SSSR count). The number of hydroxylamine groups is 2. The Morgan fingerprint density at radius 1 is 0.783 bits per heavy atom.